The Morgan fingerprint density at radius 2 is 0.676 bits per heavy atom. The average molecular weight is 503 g/mol. The quantitative estimate of drug-likeness (QED) is 0.0789. The second-order valence-corrected chi connectivity index (χ2v) is 12.4. The molecule has 34 heavy (non-hydrogen) atoms. The van der Waals surface area contributed by atoms with E-state index in [9.17, 15) is 8.42 Å². The highest BCUT2D eigenvalue weighted by atomic mass is 32.2. The van der Waals surface area contributed by atoms with Crippen molar-refractivity contribution < 1.29 is 12.6 Å². The summed E-state index contributed by atoms with van der Waals surface area (Å²) >= 11 is 0. The van der Waals surface area contributed by atoms with Gasteiger partial charge in [-0.25, -0.2) is 0 Å². The molecular formula is C30H62O3S. The van der Waals surface area contributed by atoms with E-state index in [-0.39, 0.29) is 6.10 Å². The Bertz CT molecular complexity index is 461. The largest absolute Gasteiger partial charge is 0.267 e. The van der Waals surface area contributed by atoms with Crippen molar-refractivity contribution in [2.75, 3.05) is 6.26 Å². The van der Waals surface area contributed by atoms with E-state index in [0.29, 0.717) is 0 Å². The molecule has 0 aromatic rings. The third-order valence-corrected chi connectivity index (χ3v) is 7.69. The molecule has 4 heteroatoms. The standard InChI is InChI=1S/C30H62O3S/c1-4-6-8-10-12-14-16-18-20-22-24-26-28-30(33-34(3,31)32)29-27-25-23-21-19-17-15-13-11-9-7-5-2/h30H,4-29H2,1-3H3. The van der Waals surface area contributed by atoms with Crippen molar-refractivity contribution in [3.8, 4) is 0 Å². The average Bonchev–Trinajstić information content (AvgIpc) is 2.79. The first-order chi connectivity index (χ1) is 16.5. The predicted molar refractivity (Wildman–Crippen MR) is 151 cm³/mol. The van der Waals surface area contributed by atoms with Gasteiger partial charge in [0, 0.05) is 0 Å². The molecule has 0 fully saturated rings. The van der Waals surface area contributed by atoms with Crippen LogP contribution >= 0.6 is 0 Å². The van der Waals surface area contributed by atoms with Gasteiger partial charge in [-0.15, -0.1) is 0 Å². The van der Waals surface area contributed by atoms with Crippen molar-refractivity contribution in [1.29, 1.82) is 0 Å². The minimum atomic E-state index is -3.36. The summed E-state index contributed by atoms with van der Waals surface area (Å²) in [7, 11) is -3.36. The van der Waals surface area contributed by atoms with E-state index in [1.807, 2.05) is 0 Å². The van der Waals surface area contributed by atoms with Gasteiger partial charge in [-0.05, 0) is 12.8 Å². The number of hydrogen-bond acceptors (Lipinski definition) is 3. The van der Waals surface area contributed by atoms with Crippen LogP contribution in [-0.2, 0) is 14.3 Å². The molecule has 0 atom stereocenters. The summed E-state index contributed by atoms with van der Waals surface area (Å²) in [5, 5.41) is 0. The number of rotatable bonds is 28. The van der Waals surface area contributed by atoms with Crippen LogP contribution in [0.4, 0.5) is 0 Å². The van der Waals surface area contributed by atoms with E-state index in [1.54, 1.807) is 0 Å². The lowest BCUT2D eigenvalue weighted by molar-refractivity contribution is 0.182. The van der Waals surface area contributed by atoms with E-state index >= 15 is 0 Å². The van der Waals surface area contributed by atoms with Crippen LogP contribution in [0, 0.1) is 0 Å². The second-order valence-electron chi connectivity index (χ2n) is 10.8. The van der Waals surface area contributed by atoms with Gasteiger partial charge in [-0.1, -0.05) is 168 Å². The van der Waals surface area contributed by atoms with Crippen LogP contribution in [0.3, 0.4) is 0 Å². The Morgan fingerprint density at radius 1 is 0.441 bits per heavy atom. The summed E-state index contributed by atoms with van der Waals surface area (Å²) in [4.78, 5) is 0. The highest BCUT2D eigenvalue weighted by molar-refractivity contribution is 7.86. The fourth-order valence-corrected chi connectivity index (χ4v) is 5.60. The SMILES string of the molecule is CCCCCCCCCCCCCCC(CCCCCCCCCCCCCC)OS(C)(=O)=O. The molecular weight excluding hydrogens is 440 g/mol. The zero-order valence-electron chi connectivity index (χ0n) is 23.6. The highest BCUT2D eigenvalue weighted by Crippen LogP contribution is 2.19. The third kappa shape index (κ3) is 28.1. The van der Waals surface area contributed by atoms with Crippen molar-refractivity contribution in [1.82, 2.24) is 0 Å². The summed E-state index contributed by atoms with van der Waals surface area (Å²) < 4.78 is 28.7. The molecule has 0 saturated heterocycles. The zero-order chi connectivity index (χ0) is 25.2. The van der Waals surface area contributed by atoms with Crippen LogP contribution in [0.2, 0.25) is 0 Å². The first kappa shape index (κ1) is 33.9. The molecule has 0 aliphatic rings. The minimum absolute atomic E-state index is 0.110. The molecule has 0 saturated carbocycles. The fraction of sp³-hybridized carbons (Fsp3) is 1.00. The van der Waals surface area contributed by atoms with Crippen LogP contribution in [0.1, 0.15) is 181 Å². The summed E-state index contributed by atoms with van der Waals surface area (Å²) in [6.45, 7) is 4.55. The highest BCUT2D eigenvalue weighted by Gasteiger charge is 2.15. The summed E-state index contributed by atoms with van der Waals surface area (Å²) in [5.74, 6) is 0. The van der Waals surface area contributed by atoms with Crippen LogP contribution in [0.5, 0.6) is 0 Å². The first-order valence-corrected chi connectivity index (χ1v) is 17.2. The van der Waals surface area contributed by atoms with E-state index in [0.717, 1.165) is 25.7 Å². The van der Waals surface area contributed by atoms with Crippen LogP contribution in [-0.4, -0.2) is 20.8 Å². The van der Waals surface area contributed by atoms with Crippen molar-refractivity contribution in [3.63, 3.8) is 0 Å². The predicted octanol–water partition coefficient (Wildman–Crippen LogP) is 10.5. The summed E-state index contributed by atoms with van der Waals surface area (Å²) in [6.07, 6.45) is 34.8. The maximum Gasteiger partial charge on any atom is 0.264 e. The normalized spacial score (nSPS) is 12.1. The van der Waals surface area contributed by atoms with Crippen LogP contribution in [0.25, 0.3) is 0 Å². The molecule has 0 radical (unpaired) electrons. The smallest absolute Gasteiger partial charge is 0.264 e. The third-order valence-electron chi connectivity index (χ3n) is 7.07. The minimum Gasteiger partial charge on any atom is -0.267 e. The molecule has 0 spiro atoms. The van der Waals surface area contributed by atoms with Gasteiger partial charge in [-0.3, -0.25) is 4.18 Å². The molecule has 0 rings (SSSR count). The molecule has 0 heterocycles. The Balaban J connectivity index is 3.66. The Hall–Kier alpha value is -0.0900. The Morgan fingerprint density at radius 3 is 0.912 bits per heavy atom. The zero-order valence-corrected chi connectivity index (χ0v) is 24.4. The molecule has 0 aliphatic heterocycles. The molecule has 0 unspecified atom stereocenters. The lowest BCUT2D eigenvalue weighted by Gasteiger charge is -2.16. The van der Waals surface area contributed by atoms with Crippen LogP contribution < -0.4 is 0 Å². The maximum absolute atomic E-state index is 11.7. The fourth-order valence-electron chi connectivity index (χ4n) is 4.91. The molecule has 0 aromatic carbocycles. The molecule has 3 nitrogen and oxygen atoms in total. The van der Waals surface area contributed by atoms with Gasteiger partial charge in [0.25, 0.3) is 10.1 Å². The molecule has 206 valence electrons. The lowest BCUT2D eigenvalue weighted by atomic mass is 10.0. The molecule has 0 aliphatic carbocycles. The van der Waals surface area contributed by atoms with E-state index < -0.39 is 10.1 Å². The molecule has 0 N–H and O–H groups in total. The van der Waals surface area contributed by atoms with Gasteiger partial charge in [-0.2, -0.15) is 8.42 Å². The van der Waals surface area contributed by atoms with E-state index in [2.05, 4.69) is 13.8 Å². The van der Waals surface area contributed by atoms with Gasteiger partial charge in [0.1, 0.15) is 0 Å². The van der Waals surface area contributed by atoms with Gasteiger partial charge in [0.2, 0.25) is 0 Å². The molecule has 0 bridgehead atoms. The van der Waals surface area contributed by atoms with E-state index in [1.165, 1.54) is 148 Å². The van der Waals surface area contributed by atoms with Gasteiger partial charge < -0.3 is 0 Å². The Labute approximate surface area is 215 Å². The maximum atomic E-state index is 11.7. The van der Waals surface area contributed by atoms with Crippen molar-refractivity contribution in [2.45, 2.75) is 187 Å². The topological polar surface area (TPSA) is 43.4 Å². The van der Waals surface area contributed by atoms with Crippen molar-refractivity contribution in [2.24, 2.45) is 0 Å². The van der Waals surface area contributed by atoms with Crippen molar-refractivity contribution >= 4 is 10.1 Å². The number of unbranched alkanes of at least 4 members (excludes halogenated alkanes) is 22. The monoisotopic (exact) mass is 502 g/mol. The molecule has 0 aromatic heterocycles. The van der Waals surface area contributed by atoms with E-state index in [4.69, 9.17) is 4.18 Å². The van der Waals surface area contributed by atoms with Gasteiger partial charge in [0.15, 0.2) is 0 Å². The Kier molecular flexibility index (Phi) is 25.9. The second kappa shape index (κ2) is 26.0. The first-order valence-electron chi connectivity index (χ1n) is 15.4. The summed E-state index contributed by atoms with van der Waals surface area (Å²) in [6, 6.07) is 0. The van der Waals surface area contributed by atoms with Gasteiger partial charge in [0.05, 0.1) is 12.4 Å². The van der Waals surface area contributed by atoms with Crippen LogP contribution in [0.15, 0.2) is 0 Å². The lowest BCUT2D eigenvalue weighted by Crippen LogP contribution is -2.17. The molecule has 0 amide bonds. The summed E-state index contributed by atoms with van der Waals surface area (Å²) in [5.41, 5.74) is 0. The number of hydrogen-bond donors (Lipinski definition) is 0. The van der Waals surface area contributed by atoms with Crippen molar-refractivity contribution in [3.05, 3.63) is 0 Å². The van der Waals surface area contributed by atoms with Gasteiger partial charge >= 0.3 is 0 Å².